The highest BCUT2D eigenvalue weighted by Gasteiger charge is 2.45. The Morgan fingerprint density at radius 1 is 0.839 bits per heavy atom. The van der Waals surface area contributed by atoms with Crippen LogP contribution in [0.15, 0.2) is 91.0 Å². The summed E-state index contributed by atoms with van der Waals surface area (Å²) in [6.07, 6.45) is -1.16. The fourth-order valence-electron chi connectivity index (χ4n) is 4.19. The van der Waals surface area contributed by atoms with E-state index in [0.717, 1.165) is 16.7 Å². The molecule has 1 fully saturated rings. The molecule has 0 aliphatic carbocycles. The summed E-state index contributed by atoms with van der Waals surface area (Å²) >= 11 is 0. The van der Waals surface area contributed by atoms with Gasteiger partial charge in [0, 0.05) is 6.92 Å². The van der Waals surface area contributed by atoms with E-state index in [1.54, 1.807) is 0 Å². The molecule has 0 amide bonds. The van der Waals surface area contributed by atoms with E-state index >= 15 is 0 Å². The van der Waals surface area contributed by atoms with Gasteiger partial charge in [-0.3, -0.25) is 4.79 Å². The van der Waals surface area contributed by atoms with Crippen LogP contribution in [0.4, 0.5) is 0 Å². The lowest BCUT2D eigenvalue weighted by molar-refractivity contribution is -0.189. The van der Waals surface area contributed by atoms with E-state index in [1.807, 2.05) is 91.0 Å². The van der Waals surface area contributed by atoms with Gasteiger partial charge in [-0.2, -0.15) is 0 Å². The average molecular weight is 418 g/mol. The molecule has 3 atom stereocenters. The maximum Gasteiger partial charge on any atom is 0.303 e. The van der Waals surface area contributed by atoms with E-state index < -0.39 is 23.9 Å². The van der Waals surface area contributed by atoms with Gasteiger partial charge < -0.3 is 19.9 Å². The fourth-order valence-corrected chi connectivity index (χ4v) is 4.19. The molecule has 0 saturated carbocycles. The van der Waals surface area contributed by atoms with Crippen molar-refractivity contribution < 1.29 is 19.0 Å². The smallest absolute Gasteiger partial charge is 0.303 e. The maximum atomic E-state index is 11.8. The number of hydrogen-bond donors (Lipinski definition) is 1. The molecule has 1 aliphatic heterocycles. The number of rotatable bonds is 6. The van der Waals surface area contributed by atoms with E-state index in [4.69, 9.17) is 19.9 Å². The van der Waals surface area contributed by atoms with Crippen molar-refractivity contribution in [1.82, 2.24) is 0 Å². The van der Waals surface area contributed by atoms with Crippen molar-refractivity contribution in [2.45, 2.75) is 30.8 Å². The van der Waals surface area contributed by atoms with Crippen LogP contribution in [0.25, 0.3) is 0 Å². The molecule has 4 rings (SSSR count). The zero-order valence-corrected chi connectivity index (χ0v) is 17.5. The number of ether oxygens (including phenoxy) is 3. The van der Waals surface area contributed by atoms with Gasteiger partial charge in [0.15, 0.2) is 0 Å². The van der Waals surface area contributed by atoms with Crippen LogP contribution in [-0.4, -0.2) is 37.4 Å². The molecule has 2 N–H and O–H groups in total. The Labute approximate surface area is 182 Å². The Morgan fingerprint density at radius 3 is 1.71 bits per heavy atom. The molecule has 1 aliphatic rings. The van der Waals surface area contributed by atoms with Crippen LogP contribution in [-0.2, 0) is 24.6 Å². The highest BCUT2D eigenvalue weighted by molar-refractivity contribution is 5.66. The van der Waals surface area contributed by atoms with Crippen LogP contribution < -0.4 is 5.73 Å². The zero-order chi connectivity index (χ0) is 21.7. The summed E-state index contributed by atoms with van der Waals surface area (Å²) in [6.45, 7) is 1.98. The fraction of sp³-hybridized carbons (Fsp3) is 0.269. The molecular weight excluding hydrogens is 390 g/mol. The first-order valence-electron chi connectivity index (χ1n) is 10.5. The summed E-state index contributed by atoms with van der Waals surface area (Å²) in [4.78, 5) is 11.8. The quantitative estimate of drug-likeness (QED) is 0.490. The van der Waals surface area contributed by atoms with Crippen molar-refractivity contribution in [3.63, 3.8) is 0 Å². The summed E-state index contributed by atoms with van der Waals surface area (Å²) in [5, 5.41) is 0. The van der Waals surface area contributed by atoms with Crippen molar-refractivity contribution in [2.24, 2.45) is 5.73 Å². The molecule has 3 aromatic rings. The molecule has 31 heavy (non-hydrogen) atoms. The molecule has 1 saturated heterocycles. The van der Waals surface area contributed by atoms with E-state index in [-0.39, 0.29) is 12.6 Å². The van der Waals surface area contributed by atoms with Crippen LogP contribution in [0.2, 0.25) is 0 Å². The number of hydrogen-bond acceptors (Lipinski definition) is 5. The van der Waals surface area contributed by atoms with Gasteiger partial charge >= 0.3 is 5.97 Å². The normalized spacial score (nSPS) is 21.4. The number of esters is 1. The number of nitrogens with two attached hydrogens (primary N) is 1. The summed E-state index contributed by atoms with van der Waals surface area (Å²) < 4.78 is 18.3. The summed E-state index contributed by atoms with van der Waals surface area (Å²) in [7, 11) is 0. The molecule has 0 spiro atoms. The van der Waals surface area contributed by atoms with Gasteiger partial charge in [0.25, 0.3) is 0 Å². The molecule has 1 heterocycles. The third kappa shape index (κ3) is 4.39. The Kier molecular flexibility index (Phi) is 6.47. The second-order valence-electron chi connectivity index (χ2n) is 7.71. The second-order valence-corrected chi connectivity index (χ2v) is 7.71. The first kappa shape index (κ1) is 21.2. The highest BCUT2D eigenvalue weighted by Crippen LogP contribution is 2.42. The van der Waals surface area contributed by atoms with Crippen LogP contribution in [0.1, 0.15) is 23.6 Å². The van der Waals surface area contributed by atoms with Gasteiger partial charge in [-0.1, -0.05) is 91.0 Å². The number of carbonyl (C=O) groups is 1. The molecule has 0 unspecified atom stereocenters. The van der Waals surface area contributed by atoms with Crippen molar-refractivity contribution in [2.75, 3.05) is 13.2 Å². The minimum Gasteiger partial charge on any atom is -0.458 e. The van der Waals surface area contributed by atoms with E-state index in [0.29, 0.717) is 6.61 Å². The first-order valence-corrected chi connectivity index (χ1v) is 10.5. The lowest BCUT2D eigenvalue weighted by Crippen LogP contribution is -2.57. The molecule has 3 aromatic carbocycles. The Hall–Kier alpha value is -2.99. The van der Waals surface area contributed by atoms with Gasteiger partial charge in [0.05, 0.1) is 19.3 Å². The third-order valence-corrected chi connectivity index (χ3v) is 5.55. The van der Waals surface area contributed by atoms with Crippen molar-refractivity contribution in [3.8, 4) is 0 Å². The maximum absolute atomic E-state index is 11.8. The van der Waals surface area contributed by atoms with Crippen molar-refractivity contribution >= 4 is 5.97 Å². The second kappa shape index (κ2) is 9.43. The summed E-state index contributed by atoms with van der Waals surface area (Å²) in [6, 6.07) is 29.7. The molecule has 0 aromatic heterocycles. The van der Waals surface area contributed by atoms with Crippen LogP contribution >= 0.6 is 0 Å². The van der Waals surface area contributed by atoms with E-state index in [1.165, 1.54) is 6.92 Å². The summed E-state index contributed by atoms with van der Waals surface area (Å²) in [5.74, 6) is -0.388. The molecule has 0 radical (unpaired) electrons. The van der Waals surface area contributed by atoms with Gasteiger partial charge in [0.1, 0.15) is 17.8 Å². The number of carbonyl (C=O) groups excluding carboxylic acids is 1. The van der Waals surface area contributed by atoms with Gasteiger partial charge in [-0.05, 0) is 16.7 Å². The highest BCUT2D eigenvalue weighted by atomic mass is 16.6. The number of benzene rings is 3. The predicted octanol–water partition coefficient (Wildman–Crippen LogP) is 3.65. The van der Waals surface area contributed by atoms with E-state index in [2.05, 4.69) is 0 Å². The average Bonchev–Trinajstić information content (AvgIpc) is 2.81. The van der Waals surface area contributed by atoms with Crippen LogP contribution in [0.3, 0.4) is 0 Å². The molecule has 5 heteroatoms. The Balaban J connectivity index is 1.89. The van der Waals surface area contributed by atoms with E-state index in [9.17, 15) is 4.79 Å². The molecule has 160 valence electrons. The minimum absolute atomic E-state index is 0.278. The van der Waals surface area contributed by atoms with Gasteiger partial charge in [0.2, 0.25) is 0 Å². The lowest BCUT2D eigenvalue weighted by atomic mass is 9.79. The molecule has 0 bridgehead atoms. The predicted molar refractivity (Wildman–Crippen MR) is 118 cm³/mol. The Bertz CT molecular complexity index is 881. The van der Waals surface area contributed by atoms with Crippen molar-refractivity contribution in [1.29, 1.82) is 0 Å². The zero-order valence-electron chi connectivity index (χ0n) is 17.5. The van der Waals surface area contributed by atoms with Gasteiger partial charge in [-0.25, -0.2) is 0 Å². The molecular formula is C26H27NO4. The summed E-state index contributed by atoms with van der Waals surface area (Å²) in [5.41, 5.74) is 8.23. The lowest BCUT2D eigenvalue weighted by Gasteiger charge is -2.43. The monoisotopic (exact) mass is 417 g/mol. The standard InChI is InChI=1S/C26H27NO4/c1-19(28)30-25-23(27)17-29-18-24(25)31-26(20-11-5-2-6-12-20,21-13-7-3-8-14-21)22-15-9-4-10-16-22/h2-16,23-25H,17-18,27H2,1H3/t23-,24-,25+/m0/s1. The van der Waals surface area contributed by atoms with Crippen molar-refractivity contribution in [3.05, 3.63) is 108 Å². The Morgan fingerprint density at radius 2 is 1.29 bits per heavy atom. The third-order valence-electron chi connectivity index (χ3n) is 5.55. The first-order chi connectivity index (χ1) is 15.1. The minimum atomic E-state index is -0.937. The van der Waals surface area contributed by atoms with Gasteiger partial charge in [-0.15, -0.1) is 0 Å². The largest absolute Gasteiger partial charge is 0.458 e. The topological polar surface area (TPSA) is 70.8 Å². The SMILES string of the molecule is CC(=O)O[C@H]1[C@@H](OC(c2ccccc2)(c2ccccc2)c2ccccc2)COC[C@@H]1N. The van der Waals surface area contributed by atoms with Crippen LogP contribution in [0, 0.1) is 0 Å². The van der Waals surface area contributed by atoms with Crippen LogP contribution in [0.5, 0.6) is 0 Å². The molecule has 5 nitrogen and oxygen atoms in total.